The van der Waals surface area contributed by atoms with Gasteiger partial charge in [-0.15, -0.1) is 0 Å². The van der Waals surface area contributed by atoms with Crippen LogP contribution < -0.4 is 10.5 Å². The average molecular weight is 298 g/mol. The Bertz CT molecular complexity index is 500. The van der Waals surface area contributed by atoms with Gasteiger partial charge in [0.05, 0.1) is 4.90 Å². The van der Waals surface area contributed by atoms with E-state index in [9.17, 15) is 8.42 Å². The van der Waals surface area contributed by atoms with E-state index in [1.807, 2.05) is 6.07 Å². The molecule has 114 valence electrons. The van der Waals surface area contributed by atoms with Gasteiger partial charge in [-0.25, -0.2) is 13.1 Å². The highest BCUT2D eigenvalue weighted by atomic mass is 32.2. The van der Waals surface area contributed by atoms with Crippen molar-refractivity contribution in [3.8, 4) is 0 Å². The van der Waals surface area contributed by atoms with E-state index in [2.05, 4.69) is 18.6 Å². The molecule has 20 heavy (non-hydrogen) atoms. The SMILES string of the molecule is CCCCC(CCC)NS(=O)(=O)c1cccc(CN)c1. The standard InChI is InChI=1S/C15H26N2O2S/c1-3-5-9-14(7-4-2)17-20(18,19)15-10-6-8-13(11-15)12-16/h6,8,10-11,14,17H,3-5,7,9,12,16H2,1-2H3. The lowest BCUT2D eigenvalue weighted by Gasteiger charge is -2.18. The van der Waals surface area contributed by atoms with Crippen LogP contribution in [0.2, 0.25) is 0 Å². The highest BCUT2D eigenvalue weighted by molar-refractivity contribution is 7.89. The monoisotopic (exact) mass is 298 g/mol. The second kappa shape index (κ2) is 8.39. The fraction of sp³-hybridized carbons (Fsp3) is 0.600. The molecule has 0 aliphatic carbocycles. The maximum atomic E-state index is 12.4. The van der Waals surface area contributed by atoms with E-state index < -0.39 is 10.0 Å². The first kappa shape index (κ1) is 17.1. The Labute approximate surface area is 122 Å². The summed E-state index contributed by atoms with van der Waals surface area (Å²) >= 11 is 0. The van der Waals surface area contributed by atoms with Gasteiger partial charge in [0, 0.05) is 12.6 Å². The second-order valence-corrected chi connectivity index (χ2v) is 6.81. The molecular weight excluding hydrogens is 272 g/mol. The summed E-state index contributed by atoms with van der Waals surface area (Å²) in [5.41, 5.74) is 6.39. The fourth-order valence-corrected chi connectivity index (χ4v) is 3.56. The Balaban J connectivity index is 2.84. The van der Waals surface area contributed by atoms with Crippen molar-refractivity contribution >= 4 is 10.0 Å². The van der Waals surface area contributed by atoms with Crippen molar-refractivity contribution in [1.29, 1.82) is 0 Å². The third kappa shape index (κ3) is 5.23. The Morgan fingerprint density at radius 2 is 1.95 bits per heavy atom. The minimum atomic E-state index is -3.45. The maximum absolute atomic E-state index is 12.4. The van der Waals surface area contributed by atoms with E-state index >= 15 is 0 Å². The third-order valence-corrected chi connectivity index (χ3v) is 4.83. The predicted octanol–water partition coefficient (Wildman–Crippen LogP) is 2.78. The van der Waals surface area contributed by atoms with Crippen LogP contribution in [0.15, 0.2) is 29.2 Å². The molecule has 0 spiro atoms. The van der Waals surface area contributed by atoms with Crippen LogP contribution in [0.25, 0.3) is 0 Å². The molecular formula is C15H26N2O2S. The molecule has 0 heterocycles. The van der Waals surface area contributed by atoms with Gasteiger partial charge in [0.2, 0.25) is 10.0 Å². The van der Waals surface area contributed by atoms with Gasteiger partial charge in [-0.3, -0.25) is 0 Å². The zero-order valence-corrected chi connectivity index (χ0v) is 13.2. The van der Waals surface area contributed by atoms with E-state index in [0.717, 1.165) is 37.7 Å². The summed E-state index contributed by atoms with van der Waals surface area (Å²) in [6.07, 6.45) is 4.84. The summed E-state index contributed by atoms with van der Waals surface area (Å²) in [6.45, 7) is 4.53. The molecule has 0 saturated carbocycles. The Morgan fingerprint density at radius 3 is 2.55 bits per heavy atom. The lowest BCUT2D eigenvalue weighted by Crippen LogP contribution is -2.34. The molecule has 1 aromatic rings. The molecule has 0 bridgehead atoms. The van der Waals surface area contributed by atoms with Crippen molar-refractivity contribution in [2.24, 2.45) is 5.73 Å². The fourth-order valence-electron chi connectivity index (χ4n) is 2.19. The van der Waals surface area contributed by atoms with Crippen molar-refractivity contribution in [3.63, 3.8) is 0 Å². The van der Waals surface area contributed by atoms with Crippen molar-refractivity contribution in [2.45, 2.75) is 63.4 Å². The van der Waals surface area contributed by atoms with Crippen LogP contribution in [0.1, 0.15) is 51.5 Å². The molecule has 1 unspecified atom stereocenters. The van der Waals surface area contributed by atoms with Gasteiger partial charge in [0.1, 0.15) is 0 Å². The van der Waals surface area contributed by atoms with Gasteiger partial charge in [0.15, 0.2) is 0 Å². The van der Waals surface area contributed by atoms with Crippen molar-refractivity contribution in [3.05, 3.63) is 29.8 Å². The first-order valence-corrected chi connectivity index (χ1v) is 8.83. The lowest BCUT2D eigenvalue weighted by molar-refractivity contribution is 0.483. The third-order valence-electron chi connectivity index (χ3n) is 3.31. The predicted molar refractivity (Wildman–Crippen MR) is 82.9 cm³/mol. The number of hydrogen-bond acceptors (Lipinski definition) is 3. The van der Waals surface area contributed by atoms with E-state index in [1.54, 1.807) is 18.2 Å². The summed E-state index contributed by atoms with van der Waals surface area (Å²) in [7, 11) is -3.45. The summed E-state index contributed by atoms with van der Waals surface area (Å²) in [4.78, 5) is 0.304. The molecule has 4 nitrogen and oxygen atoms in total. The van der Waals surface area contributed by atoms with E-state index in [-0.39, 0.29) is 6.04 Å². The number of rotatable bonds is 9. The molecule has 0 amide bonds. The minimum absolute atomic E-state index is 0.0199. The van der Waals surface area contributed by atoms with Gasteiger partial charge in [-0.05, 0) is 30.5 Å². The number of nitrogens with one attached hydrogen (secondary N) is 1. The molecule has 1 rings (SSSR count). The van der Waals surface area contributed by atoms with Crippen LogP contribution in [0, 0.1) is 0 Å². The number of hydrogen-bond donors (Lipinski definition) is 2. The van der Waals surface area contributed by atoms with E-state index in [0.29, 0.717) is 11.4 Å². The summed E-state index contributed by atoms with van der Waals surface area (Å²) in [5.74, 6) is 0. The molecule has 3 N–H and O–H groups in total. The zero-order valence-electron chi connectivity index (χ0n) is 12.4. The van der Waals surface area contributed by atoms with Crippen LogP contribution in [-0.2, 0) is 16.6 Å². The second-order valence-electron chi connectivity index (χ2n) is 5.10. The zero-order chi connectivity index (χ0) is 15.0. The van der Waals surface area contributed by atoms with Gasteiger partial charge in [-0.1, -0.05) is 45.2 Å². The maximum Gasteiger partial charge on any atom is 0.240 e. The molecule has 1 atom stereocenters. The van der Waals surface area contributed by atoms with Crippen LogP contribution in [0.5, 0.6) is 0 Å². The minimum Gasteiger partial charge on any atom is -0.326 e. The Kier molecular flexibility index (Phi) is 7.19. The molecule has 1 aromatic carbocycles. The summed E-state index contributed by atoms with van der Waals surface area (Å²) < 4.78 is 27.6. The number of unbranched alkanes of at least 4 members (excludes halogenated alkanes) is 1. The molecule has 0 saturated heterocycles. The van der Waals surface area contributed by atoms with Gasteiger partial charge in [0.25, 0.3) is 0 Å². The van der Waals surface area contributed by atoms with Crippen LogP contribution in [0.4, 0.5) is 0 Å². The molecule has 0 aliphatic heterocycles. The molecule has 0 aromatic heterocycles. The highest BCUT2D eigenvalue weighted by Gasteiger charge is 2.19. The van der Waals surface area contributed by atoms with Gasteiger partial charge in [-0.2, -0.15) is 0 Å². The first-order valence-electron chi connectivity index (χ1n) is 7.34. The largest absolute Gasteiger partial charge is 0.326 e. The number of nitrogens with two attached hydrogens (primary N) is 1. The number of benzene rings is 1. The molecule has 0 radical (unpaired) electrons. The summed E-state index contributed by atoms with van der Waals surface area (Å²) in [6, 6.07) is 6.85. The quantitative estimate of drug-likeness (QED) is 0.736. The lowest BCUT2D eigenvalue weighted by atomic mass is 10.1. The Hall–Kier alpha value is -0.910. The average Bonchev–Trinajstić information content (AvgIpc) is 2.45. The van der Waals surface area contributed by atoms with Crippen LogP contribution in [-0.4, -0.2) is 14.5 Å². The molecule has 0 fully saturated rings. The van der Waals surface area contributed by atoms with Crippen LogP contribution >= 0.6 is 0 Å². The number of sulfonamides is 1. The molecule has 0 aliphatic rings. The van der Waals surface area contributed by atoms with Crippen LogP contribution in [0.3, 0.4) is 0 Å². The normalized spacial score (nSPS) is 13.3. The first-order chi connectivity index (χ1) is 9.53. The van der Waals surface area contributed by atoms with Crippen molar-refractivity contribution in [1.82, 2.24) is 4.72 Å². The van der Waals surface area contributed by atoms with Gasteiger partial charge >= 0.3 is 0 Å². The smallest absolute Gasteiger partial charge is 0.240 e. The van der Waals surface area contributed by atoms with Crippen molar-refractivity contribution in [2.75, 3.05) is 0 Å². The Morgan fingerprint density at radius 1 is 1.20 bits per heavy atom. The molecule has 5 heteroatoms. The van der Waals surface area contributed by atoms with E-state index in [1.165, 1.54) is 0 Å². The van der Waals surface area contributed by atoms with Gasteiger partial charge < -0.3 is 5.73 Å². The van der Waals surface area contributed by atoms with Crippen molar-refractivity contribution < 1.29 is 8.42 Å². The topological polar surface area (TPSA) is 72.2 Å². The summed E-state index contributed by atoms with van der Waals surface area (Å²) in [5, 5.41) is 0. The highest BCUT2D eigenvalue weighted by Crippen LogP contribution is 2.15. The van der Waals surface area contributed by atoms with E-state index in [4.69, 9.17) is 5.73 Å².